The van der Waals surface area contributed by atoms with Crippen LogP contribution in [-0.4, -0.2) is 69.6 Å². The van der Waals surface area contributed by atoms with Gasteiger partial charge in [-0.3, -0.25) is 29.5 Å². The number of imide groups is 1. The van der Waals surface area contributed by atoms with Crippen molar-refractivity contribution in [3.05, 3.63) is 83.0 Å². The Morgan fingerprint density at radius 2 is 1.59 bits per heavy atom. The molecule has 37 heavy (non-hydrogen) atoms. The molecule has 6 rings (SSSR count). The lowest BCUT2D eigenvalue weighted by Gasteiger charge is -2.34. The quantitative estimate of drug-likeness (QED) is 0.512. The lowest BCUT2D eigenvalue weighted by Crippen LogP contribution is -2.52. The van der Waals surface area contributed by atoms with Gasteiger partial charge in [0.05, 0.1) is 0 Å². The van der Waals surface area contributed by atoms with E-state index in [0.29, 0.717) is 18.5 Å². The molecule has 0 spiro atoms. The number of H-pyrrole nitrogens is 1. The maximum atomic E-state index is 12.9. The topological polar surface area (TPSA) is 88.8 Å². The van der Waals surface area contributed by atoms with Crippen molar-refractivity contribution in [1.29, 1.82) is 0 Å². The average molecular weight is 498 g/mol. The number of piperidine rings is 1. The fraction of sp³-hybridized carbons (Fsp3) is 0.345. The van der Waals surface area contributed by atoms with E-state index < -0.39 is 6.04 Å². The van der Waals surface area contributed by atoms with Gasteiger partial charge in [0, 0.05) is 69.7 Å². The van der Waals surface area contributed by atoms with Crippen LogP contribution in [0.4, 0.5) is 0 Å². The van der Waals surface area contributed by atoms with Crippen LogP contribution in [0.15, 0.2) is 60.8 Å². The third-order valence-corrected chi connectivity index (χ3v) is 7.70. The van der Waals surface area contributed by atoms with Gasteiger partial charge < -0.3 is 9.88 Å². The zero-order valence-electron chi connectivity index (χ0n) is 20.8. The second kappa shape index (κ2) is 9.95. The highest BCUT2D eigenvalue weighted by atomic mass is 16.2. The zero-order valence-corrected chi connectivity index (χ0v) is 20.8. The van der Waals surface area contributed by atoms with Crippen LogP contribution in [0.25, 0.3) is 11.3 Å². The standard InChI is InChI=1S/C29H31N5O3/c35-27-9-8-26(28(36)31-27)34-19-23-16-21(6-7-24(23)29(34)37)18-33-13-11-32(12-14-33)17-20-3-1-4-22(15-20)25-5-2-10-30-25/h1-7,10,15-16,26,30H,8-9,11-14,17-19H2,(H,31,35,36). The van der Waals surface area contributed by atoms with Crippen LogP contribution in [0.3, 0.4) is 0 Å². The Morgan fingerprint density at radius 1 is 0.838 bits per heavy atom. The average Bonchev–Trinajstić information content (AvgIpc) is 3.54. The number of benzene rings is 2. The van der Waals surface area contributed by atoms with Gasteiger partial charge >= 0.3 is 0 Å². The Hall–Kier alpha value is -3.75. The minimum Gasteiger partial charge on any atom is -0.361 e. The highest BCUT2D eigenvalue weighted by molar-refractivity contribution is 6.05. The van der Waals surface area contributed by atoms with E-state index in [2.05, 4.69) is 56.5 Å². The number of piperazine rings is 1. The van der Waals surface area contributed by atoms with Crippen LogP contribution in [0.5, 0.6) is 0 Å². The number of carbonyl (C=O) groups excluding carboxylic acids is 3. The second-order valence-corrected chi connectivity index (χ2v) is 10.2. The van der Waals surface area contributed by atoms with E-state index in [1.165, 1.54) is 16.7 Å². The maximum Gasteiger partial charge on any atom is 0.255 e. The van der Waals surface area contributed by atoms with Crippen molar-refractivity contribution in [1.82, 2.24) is 25.0 Å². The third-order valence-electron chi connectivity index (χ3n) is 7.70. The minimum atomic E-state index is -0.572. The Kier molecular flexibility index (Phi) is 6.36. The molecule has 0 radical (unpaired) electrons. The molecule has 1 aromatic heterocycles. The van der Waals surface area contributed by atoms with E-state index in [4.69, 9.17) is 0 Å². The van der Waals surface area contributed by atoms with Crippen LogP contribution in [0.1, 0.15) is 39.9 Å². The van der Waals surface area contributed by atoms with Crippen molar-refractivity contribution in [2.75, 3.05) is 26.2 Å². The molecule has 0 aliphatic carbocycles. The van der Waals surface area contributed by atoms with E-state index in [1.807, 2.05) is 24.4 Å². The minimum absolute atomic E-state index is 0.120. The molecule has 0 bridgehead atoms. The molecule has 1 unspecified atom stereocenters. The molecular weight excluding hydrogens is 466 g/mol. The molecule has 3 aromatic rings. The van der Waals surface area contributed by atoms with E-state index >= 15 is 0 Å². The molecule has 0 saturated carbocycles. The lowest BCUT2D eigenvalue weighted by molar-refractivity contribution is -0.136. The summed E-state index contributed by atoms with van der Waals surface area (Å²) in [4.78, 5) is 46.6. The zero-order chi connectivity index (χ0) is 25.4. The molecule has 190 valence electrons. The predicted octanol–water partition coefficient (Wildman–Crippen LogP) is 2.76. The Balaban J connectivity index is 1.04. The normalized spacial score (nSPS) is 20.8. The van der Waals surface area contributed by atoms with Crippen molar-refractivity contribution in [3.8, 4) is 11.3 Å². The molecule has 3 aliphatic rings. The van der Waals surface area contributed by atoms with E-state index in [0.717, 1.165) is 50.5 Å². The van der Waals surface area contributed by atoms with E-state index in [-0.39, 0.29) is 24.1 Å². The summed E-state index contributed by atoms with van der Waals surface area (Å²) >= 11 is 0. The molecule has 1 atom stereocenters. The summed E-state index contributed by atoms with van der Waals surface area (Å²) in [6.45, 7) is 6.22. The van der Waals surface area contributed by atoms with E-state index in [1.54, 1.807) is 4.90 Å². The summed E-state index contributed by atoms with van der Waals surface area (Å²) in [6, 6.07) is 18.3. The Morgan fingerprint density at radius 3 is 2.30 bits per heavy atom. The smallest absolute Gasteiger partial charge is 0.255 e. The summed E-state index contributed by atoms with van der Waals surface area (Å²) in [7, 11) is 0. The first-order valence-electron chi connectivity index (χ1n) is 13.0. The molecule has 3 aliphatic heterocycles. The van der Waals surface area contributed by atoms with Gasteiger partial charge in [-0.25, -0.2) is 0 Å². The van der Waals surface area contributed by atoms with Crippen LogP contribution < -0.4 is 5.32 Å². The van der Waals surface area contributed by atoms with Gasteiger partial charge in [0.2, 0.25) is 11.8 Å². The largest absolute Gasteiger partial charge is 0.361 e. The van der Waals surface area contributed by atoms with Gasteiger partial charge in [-0.2, -0.15) is 0 Å². The number of nitrogens with zero attached hydrogens (tertiary/aromatic N) is 3. The molecule has 8 heteroatoms. The molecule has 2 saturated heterocycles. The molecule has 2 aromatic carbocycles. The molecule has 8 nitrogen and oxygen atoms in total. The summed E-state index contributed by atoms with van der Waals surface area (Å²) in [6.07, 6.45) is 2.61. The molecule has 2 fully saturated rings. The van der Waals surface area contributed by atoms with Crippen LogP contribution in [0.2, 0.25) is 0 Å². The highest BCUT2D eigenvalue weighted by Gasteiger charge is 2.39. The first-order chi connectivity index (χ1) is 18.0. The summed E-state index contributed by atoms with van der Waals surface area (Å²) in [5, 5.41) is 2.36. The van der Waals surface area contributed by atoms with Gasteiger partial charge in [0.1, 0.15) is 6.04 Å². The van der Waals surface area contributed by atoms with Gasteiger partial charge in [0.25, 0.3) is 5.91 Å². The summed E-state index contributed by atoms with van der Waals surface area (Å²) in [5.74, 6) is -0.755. The number of hydrogen-bond acceptors (Lipinski definition) is 5. The SMILES string of the molecule is O=C1CCC(N2Cc3cc(CN4CCN(Cc5cccc(-c6ccc[nH]6)c5)CC4)ccc3C2=O)C(=O)N1. The summed E-state index contributed by atoms with van der Waals surface area (Å²) in [5.41, 5.74) is 6.50. The third kappa shape index (κ3) is 4.95. The van der Waals surface area contributed by atoms with Crippen molar-refractivity contribution in [2.24, 2.45) is 0 Å². The second-order valence-electron chi connectivity index (χ2n) is 10.2. The summed E-state index contributed by atoms with van der Waals surface area (Å²) < 4.78 is 0. The van der Waals surface area contributed by atoms with Crippen molar-refractivity contribution < 1.29 is 14.4 Å². The van der Waals surface area contributed by atoms with Gasteiger partial charge in [0.15, 0.2) is 0 Å². The van der Waals surface area contributed by atoms with Gasteiger partial charge in [-0.05, 0) is 52.9 Å². The fourth-order valence-electron chi connectivity index (χ4n) is 5.70. The number of fused-ring (bicyclic) bond motifs is 1. The maximum absolute atomic E-state index is 12.9. The molecule has 3 amide bonds. The van der Waals surface area contributed by atoms with Crippen molar-refractivity contribution >= 4 is 17.7 Å². The van der Waals surface area contributed by atoms with Crippen LogP contribution in [-0.2, 0) is 29.2 Å². The van der Waals surface area contributed by atoms with Gasteiger partial charge in [-0.15, -0.1) is 0 Å². The number of rotatable bonds is 6. The van der Waals surface area contributed by atoms with Crippen LogP contribution in [0, 0.1) is 0 Å². The number of amides is 3. The number of aromatic nitrogens is 1. The number of carbonyl (C=O) groups is 3. The number of nitrogens with one attached hydrogen (secondary N) is 2. The first-order valence-corrected chi connectivity index (χ1v) is 13.0. The van der Waals surface area contributed by atoms with E-state index in [9.17, 15) is 14.4 Å². The lowest BCUT2D eigenvalue weighted by atomic mass is 10.0. The predicted molar refractivity (Wildman–Crippen MR) is 139 cm³/mol. The Labute approximate surface area is 216 Å². The molecular formula is C29H31N5O3. The molecule has 4 heterocycles. The number of hydrogen-bond donors (Lipinski definition) is 2. The Bertz CT molecular complexity index is 1330. The van der Waals surface area contributed by atoms with Gasteiger partial charge in [-0.1, -0.05) is 30.3 Å². The fourth-order valence-corrected chi connectivity index (χ4v) is 5.70. The monoisotopic (exact) mass is 497 g/mol. The first kappa shape index (κ1) is 23.6. The van der Waals surface area contributed by atoms with Crippen molar-refractivity contribution in [3.63, 3.8) is 0 Å². The van der Waals surface area contributed by atoms with Crippen molar-refractivity contribution in [2.45, 2.75) is 38.5 Å². The highest BCUT2D eigenvalue weighted by Crippen LogP contribution is 2.29. The number of aromatic amines is 1. The molecule has 2 N–H and O–H groups in total. The van der Waals surface area contributed by atoms with Crippen LogP contribution >= 0.6 is 0 Å².